The van der Waals surface area contributed by atoms with Crippen molar-refractivity contribution in [2.24, 2.45) is 5.92 Å². The van der Waals surface area contributed by atoms with Crippen LogP contribution in [0.2, 0.25) is 0 Å². The number of benzene rings is 2. The summed E-state index contributed by atoms with van der Waals surface area (Å²) in [6.45, 7) is 4.19. The smallest absolute Gasteiger partial charge is 0.239 e. The second-order valence-electron chi connectivity index (χ2n) is 13.4. The van der Waals surface area contributed by atoms with Gasteiger partial charge in [0.15, 0.2) is 23.5 Å². The van der Waals surface area contributed by atoms with E-state index in [1.807, 2.05) is 0 Å². The molecule has 3 aliphatic rings. The minimum absolute atomic E-state index is 0.0758. The zero-order chi connectivity index (χ0) is 38.6. The maximum atomic E-state index is 14.1. The fourth-order valence-corrected chi connectivity index (χ4v) is 6.29. The molecular weight excluding hydrogens is 712 g/mol. The third kappa shape index (κ3) is 7.35. The molecule has 292 valence electrons. The Bertz CT molecular complexity index is 1830. The van der Waals surface area contributed by atoms with Gasteiger partial charge >= 0.3 is 0 Å². The van der Waals surface area contributed by atoms with Crippen LogP contribution in [0.15, 0.2) is 39.5 Å². The molecule has 15 atom stereocenters. The van der Waals surface area contributed by atoms with Crippen molar-refractivity contribution in [2.75, 3.05) is 6.61 Å². The van der Waals surface area contributed by atoms with E-state index in [4.69, 9.17) is 32.8 Å². The summed E-state index contributed by atoms with van der Waals surface area (Å²) in [4.78, 5) is 14.1. The molecule has 2 aromatic carbocycles. The van der Waals surface area contributed by atoms with E-state index in [-0.39, 0.29) is 16.9 Å². The molecule has 1 aromatic heterocycles. The predicted molar refractivity (Wildman–Crippen MR) is 175 cm³/mol. The molecule has 3 saturated heterocycles. The molecule has 0 radical (unpaired) electrons. The average Bonchev–Trinajstić information content (AvgIpc) is 3.12. The standard InChI is InChI=1S/C34H42O19/c1-10-11(2)48-32(27(44)21(10)38)47-9-19-23(40)26(43)29(46)34(52-19)53-31-24(41)20-17(37)7-14(50-33-28(45)25(42)22(39)12(3)49-33)8-18(20)51-30(31)13-4-5-15(35)16(36)6-13/h4-8,10-12,19,21-23,25-29,32-40,42-46H,9H2,1-3H3/t10-,11-,12-,19+,21+,22-,23+,25+,26-,27+,28+,29+,32+,33-,34-/m0/s1. The minimum Gasteiger partial charge on any atom is -0.507 e. The summed E-state index contributed by atoms with van der Waals surface area (Å²) < 4.78 is 39.8. The molecule has 0 unspecified atom stereocenters. The summed E-state index contributed by atoms with van der Waals surface area (Å²) >= 11 is 0. The van der Waals surface area contributed by atoms with Gasteiger partial charge < -0.3 is 89.0 Å². The number of phenolic OH excluding ortho intramolecular Hbond substituents is 3. The van der Waals surface area contributed by atoms with E-state index in [2.05, 4.69) is 0 Å². The maximum absolute atomic E-state index is 14.1. The number of ether oxygens (including phenoxy) is 6. The lowest BCUT2D eigenvalue weighted by Crippen LogP contribution is -2.61. The van der Waals surface area contributed by atoms with Crippen LogP contribution >= 0.6 is 0 Å². The Morgan fingerprint density at radius 3 is 1.92 bits per heavy atom. The molecule has 19 heteroatoms. The maximum Gasteiger partial charge on any atom is 0.239 e. The van der Waals surface area contributed by atoms with Crippen molar-refractivity contribution in [3.8, 4) is 40.1 Å². The fourth-order valence-electron chi connectivity index (χ4n) is 6.29. The van der Waals surface area contributed by atoms with Crippen molar-refractivity contribution in [2.45, 2.75) is 107 Å². The molecule has 6 rings (SSSR count). The van der Waals surface area contributed by atoms with Gasteiger partial charge in [0.1, 0.15) is 71.3 Å². The van der Waals surface area contributed by atoms with Gasteiger partial charge in [-0.15, -0.1) is 0 Å². The van der Waals surface area contributed by atoms with Crippen LogP contribution in [0.5, 0.6) is 28.7 Å². The van der Waals surface area contributed by atoms with Crippen molar-refractivity contribution in [3.05, 3.63) is 40.6 Å². The highest BCUT2D eigenvalue weighted by Gasteiger charge is 2.48. The van der Waals surface area contributed by atoms with Gasteiger partial charge in [0.2, 0.25) is 23.8 Å². The Kier molecular flexibility index (Phi) is 11.1. The van der Waals surface area contributed by atoms with Crippen LogP contribution in [-0.2, 0) is 18.9 Å². The molecule has 11 N–H and O–H groups in total. The lowest BCUT2D eigenvalue weighted by Gasteiger charge is -2.42. The monoisotopic (exact) mass is 754 g/mol. The van der Waals surface area contributed by atoms with Gasteiger partial charge in [-0.1, -0.05) is 6.92 Å². The molecule has 4 heterocycles. The number of hydrogen-bond donors (Lipinski definition) is 11. The van der Waals surface area contributed by atoms with Crippen LogP contribution in [0, 0.1) is 5.92 Å². The number of hydrogen-bond acceptors (Lipinski definition) is 19. The largest absolute Gasteiger partial charge is 0.507 e. The summed E-state index contributed by atoms with van der Waals surface area (Å²) in [5, 5.41) is 114. The summed E-state index contributed by atoms with van der Waals surface area (Å²) in [6, 6.07) is 5.39. The molecule has 0 saturated carbocycles. The molecule has 19 nitrogen and oxygen atoms in total. The van der Waals surface area contributed by atoms with Crippen molar-refractivity contribution in [1.29, 1.82) is 0 Å². The van der Waals surface area contributed by atoms with Crippen LogP contribution in [0.4, 0.5) is 0 Å². The molecule has 3 aliphatic heterocycles. The second-order valence-corrected chi connectivity index (χ2v) is 13.4. The number of fused-ring (bicyclic) bond motifs is 1. The number of aliphatic hydroxyl groups excluding tert-OH is 8. The predicted octanol–water partition coefficient (Wildman–Crippen LogP) is -1.91. The summed E-state index contributed by atoms with van der Waals surface area (Å²) in [5.74, 6) is -3.74. The van der Waals surface area contributed by atoms with E-state index in [9.17, 15) is 61.0 Å². The third-order valence-electron chi connectivity index (χ3n) is 9.79. The molecule has 3 aromatic rings. The minimum atomic E-state index is -2.00. The van der Waals surface area contributed by atoms with E-state index in [1.54, 1.807) is 13.8 Å². The van der Waals surface area contributed by atoms with E-state index in [1.165, 1.54) is 13.0 Å². The molecule has 0 aliphatic carbocycles. The Morgan fingerprint density at radius 1 is 0.623 bits per heavy atom. The zero-order valence-corrected chi connectivity index (χ0v) is 28.4. The fraction of sp³-hybridized carbons (Fsp3) is 0.559. The Balaban J connectivity index is 1.34. The van der Waals surface area contributed by atoms with Gasteiger partial charge in [0, 0.05) is 23.6 Å². The molecule has 0 amide bonds. The topological polar surface area (TPSA) is 308 Å². The zero-order valence-electron chi connectivity index (χ0n) is 28.4. The van der Waals surface area contributed by atoms with E-state index in [0.29, 0.717) is 0 Å². The van der Waals surface area contributed by atoms with Gasteiger partial charge in [-0.3, -0.25) is 4.79 Å². The van der Waals surface area contributed by atoms with Crippen LogP contribution in [0.1, 0.15) is 20.8 Å². The normalized spacial score (nSPS) is 37.8. The summed E-state index contributed by atoms with van der Waals surface area (Å²) in [6.07, 6.45) is -21.0. The van der Waals surface area contributed by atoms with Gasteiger partial charge in [0.25, 0.3) is 0 Å². The van der Waals surface area contributed by atoms with Gasteiger partial charge in [-0.25, -0.2) is 0 Å². The lowest BCUT2D eigenvalue weighted by atomic mass is 9.92. The molecule has 0 spiro atoms. The van der Waals surface area contributed by atoms with E-state index in [0.717, 1.165) is 24.3 Å². The Hall–Kier alpha value is -3.83. The van der Waals surface area contributed by atoms with Crippen molar-refractivity contribution in [1.82, 2.24) is 0 Å². The average molecular weight is 755 g/mol. The quantitative estimate of drug-likeness (QED) is 0.112. The summed E-state index contributed by atoms with van der Waals surface area (Å²) in [7, 11) is 0. The SMILES string of the molecule is C[C@@H]1[C@@H](O)[C@@H](O)[C@H](OC[C@H]2O[C@@H](Oc3c(-c4ccc(O)c(O)c4)oc4cc(O[C@@H]5O[C@@H](C)[C@H](O)[C@@H](O)[C@H]5O)cc(O)c4c3=O)[C@H](O)[C@@H](O)[C@@H]2O)O[C@H]1C. The van der Waals surface area contributed by atoms with Gasteiger partial charge in [0.05, 0.1) is 24.9 Å². The van der Waals surface area contributed by atoms with Crippen LogP contribution in [0.25, 0.3) is 22.3 Å². The van der Waals surface area contributed by atoms with Crippen molar-refractivity contribution < 1.29 is 89.0 Å². The first-order chi connectivity index (χ1) is 25.0. The number of aromatic hydroxyl groups is 3. The highest BCUT2D eigenvalue weighted by atomic mass is 16.7. The Morgan fingerprint density at radius 2 is 1.25 bits per heavy atom. The number of rotatable bonds is 8. The highest BCUT2D eigenvalue weighted by molar-refractivity contribution is 5.88. The first kappa shape index (κ1) is 38.9. The number of aliphatic hydroxyl groups is 8. The van der Waals surface area contributed by atoms with Crippen LogP contribution in [0.3, 0.4) is 0 Å². The third-order valence-corrected chi connectivity index (χ3v) is 9.79. The van der Waals surface area contributed by atoms with Gasteiger partial charge in [-0.05, 0) is 32.0 Å². The first-order valence-corrected chi connectivity index (χ1v) is 16.7. The van der Waals surface area contributed by atoms with E-state index >= 15 is 0 Å². The first-order valence-electron chi connectivity index (χ1n) is 16.7. The van der Waals surface area contributed by atoms with Crippen LogP contribution in [-0.4, -0.2) is 149 Å². The van der Waals surface area contributed by atoms with Gasteiger partial charge in [-0.2, -0.15) is 0 Å². The number of phenols is 3. The Labute approximate surface area is 299 Å². The van der Waals surface area contributed by atoms with E-state index < -0.39 is 138 Å². The van der Waals surface area contributed by atoms with Crippen molar-refractivity contribution in [3.63, 3.8) is 0 Å². The summed E-state index contributed by atoms with van der Waals surface area (Å²) in [5.41, 5.74) is -1.49. The molecular formula is C34H42O19. The molecule has 3 fully saturated rings. The second kappa shape index (κ2) is 15.1. The molecule has 0 bridgehead atoms. The lowest BCUT2D eigenvalue weighted by molar-refractivity contribution is -0.313. The van der Waals surface area contributed by atoms with Crippen molar-refractivity contribution >= 4 is 11.0 Å². The molecule has 53 heavy (non-hydrogen) atoms. The van der Waals surface area contributed by atoms with Crippen LogP contribution < -0.4 is 14.9 Å². The highest BCUT2D eigenvalue weighted by Crippen LogP contribution is 2.40.